The summed E-state index contributed by atoms with van der Waals surface area (Å²) in [5.74, 6) is -0.985. The van der Waals surface area contributed by atoms with E-state index in [9.17, 15) is 14.0 Å². The first-order valence-electron chi connectivity index (χ1n) is 10.0. The molecule has 0 aromatic carbocycles. The van der Waals surface area contributed by atoms with Crippen molar-refractivity contribution in [3.8, 4) is 11.4 Å². The number of amides is 2. The Labute approximate surface area is 175 Å². The quantitative estimate of drug-likeness (QED) is 0.742. The number of fused-ring (bicyclic) bond motifs is 1. The summed E-state index contributed by atoms with van der Waals surface area (Å²) >= 11 is 0. The van der Waals surface area contributed by atoms with E-state index in [0.717, 1.165) is 13.0 Å². The zero-order valence-electron chi connectivity index (χ0n) is 18.1. The number of rotatable bonds is 4. The minimum absolute atomic E-state index is 0.208. The van der Waals surface area contributed by atoms with E-state index in [2.05, 4.69) is 25.5 Å². The van der Waals surface area contributed by atoms with Crippen LogP contribution in [0, 0.1) is 11.4 Å². The Hall–Kier alpha value is -2.81. The Morgan fingerprint density at radius 2 is 2.00 bits per heavy atom. The third-order valence-electron chi connectivity index (χ3n) is 5.28. The van der Waals surface area contributed by atoms with Crippen LogP contribution >= 0.6 is 0 Å². The summed E-state index contributed by atoms with van der Waals surface area (Å²) in [7, 11) is 3.51. The van der Waals surface area contributed by atoms with Crippen LogP contribution in [0.25, 0.3) is 11.4 Å². The van der Waals surface area contributed by atoms with Crippen molar-refractivity contribution in [2.24, 2.45) is 5.41 Å². The third-order valence-corrected chi connectivity index (χ3v) is 5.28. The zero-order valence-corrected chi connectivity index (χ0v) is 18.1. The van der Waals surface area contributed by atoms with Crippen molar-refractivity contribution in [2.45, 2.75) is 46.3 Å². The van der Waals surface area contributed by atoms with Gasteiger partial charge in [0.15, 0.2) is 5.69 Å². The Morgan fingerprint density at radius 1 is 1.27 bits per heavy atom. The molecule has 0 saturated carbocycles. The van der Waals surface area contributed by atoms with Crippen molar-refractivity contribution in [3.05, 3.63) is 35.7 Å². The number of imidazole rings is 1. The van der Waals surface area contributed by atoms with Crippen molar-refractivity contribution in [3.63, 3.8) is 0 Å². The number of hydrogen-bond acceptors (Lipinski definition) is 5. The molecule has 3 heterocycles. The Kier molecular flexibility index (Phi) is 6.21. The van der Waals surface area contributed by atoms with Gasteiger partial charge in [0.25, 0.3) is 5.91 Å². The SMILES string of the molecule is CNC(=O)[C@@H](NC(=O)c1nc(-c2cccnc2F)n2c1CN(C)CCC2)C(C)(C)C. The summed E-state index contributed by atoms with van der Waals surface area (Å²) < 4.78 is 16.3. The topological polar surface area (TPSA) is 92.1 Å². The molecule has 3 rings (SSSR count). The molecule has 0 saturated heterocycles. The molecule has 8 nitrogen and oxygen atoms in total. The lowest BCUT2D eigenvalue weighted by molar-refractivity contribution is -0.124. The molecular formula is C21H29FN6O2. The number of nitrogens with one attached hydrogen (secondary N) is 2. The fourth-order valence-corrected chi connectivity index (χ4v) is 3.68. The molecule has 9 heteroatoms. The van der Waals surface area contributed by atoms with Crippen LogP contribution in [0.2, 0.25) is 0 Å². The Balaban J connectivity index is 2.07. The van der Waals surface area contributed by atoms with Gasteiger partial charge in [0.2, 0.25) is 11.9 Å². The van der Waals surface area contributed by atoms with Crippen molar-refractivity contribution in [1.29, 1.82) is 0 Å². The molecule has 2 aromatic rings. The van der Waals surface area contributed by atoms with E-state index in [4.69, 9.17) is 0 Å². The van der Waals surface area contributed by atoms with Crippen LogP contribution in [0.1, 0.15) is 43.4 Å². The summed E-state index contributed by atoms with van der Waals surface area (Å²) in [4.78, 5) is 36.0. The number of hydrogen-bond donors (Lipinski definition) is 2. The lowest BCUT2D eigenvalue weighted by Crippen LogP contribution is -2.53. The normalized spacial score (nSPS) is 15.8. The lowest BCUT2D eigenvalue weighted by Gasteiger charge is -2.29. The summed E-state index contributed by atoms with van der Waals surface area (Å²) in [6, 6.07) is 2.51. The van der Waals surface area contributed by atoms with E-state index in [1.54, 1.807) is 12.1 Å². The number of halogens is 1. The number of carbonyl (C=O) groups is 2. The number of carbonyl (C=O) groups excluding carboxylic acids is 2. The smallest absolute Gasteiger partial charge is 0.272 e. The standard InChI is InChI=1S/C21H29FN6O2/c1-21(2,3)16(20(30)23-4)26-19(29)15-14-12-27(5)10-7-11-28(14)18(25-15)13-8-6-9-24-17(13)22/h6,8-9,16H,7,10-12H2,1-5H3,(H,23,30)(H,26,29)/t16-/m1/s1. The van der Waals surface area contributed by atoms with E-state index in [-0.39, 0.29) is 17.2 Å². The first-order chi connectivity index (χ1) is 14.1. The third kappa shape index (κ3) is 4.35. The molecular weight excluding hydrogens is 387 g/mol. The van der Waals surface area contributed by atoms with Gasteiger partial charge in [-0.15, -0.1) is 0 Å². The molecule has 162 valence electrons. The molecule has 0 fully saturated rings. The number of aromatic nitrogens is 3. The molecule has 1 aliphatic rings. The van der Waals surface area contributed by atoms with Gasteiger partial charge in [0, 0.05) is 26.3 Å². The molecule has 2 amide bonds. The van der Waals surface area contributed by atoms with Gasteiger partial charge in [0.1, 0.15) is 11.9 Å². The van der Waals surface area contributed by atoms with E-state index in [0.29, 0.717) is 24.6 Å². The molecule has 1 atom stereocenters. The van der Waals surface area contributed by atoms with Crippen LogP contribution in [0.15, 0.2) is 18.3 Å². The molecule has 30 heavy (non-hydrogen) atoms. The molecule has 2 N–H and O–H groups in total. The molecule has 0 aliphatic carbocycles. The Morgan fingerprint density at radius 3 is 2.63 bits per heavy atom. The van der Waals surface area contributed by atoms with Crippen LogP contribution in [-0.4, -0.2) is 57.9 Å². The minimum Gasteiger partial charge on any atom is -0.357 e. The summed E-state index contributed by atoms with van der Waals surface area (Å²) in [6.45, 7) is 7.60. The largest absolute Gasteiger partial charge is 0.357 e. The number of likely N-dealkylation sites (N-methyl/N-ethyl adjacent to an activating group) is 1. The van der Waals surface area contributed by atoms with Gasteiger partial charge in [-0.3, -0.25) is 9.59 Å². The highest BCUT2D eigenvalue weighted by Gasteiger charge is 2.35. The highest BCUT2D eigenvalue weighted by molar-refractivity contribution is 5.97. The predicted octanol–water partition coefficient (Wildman–Crippen LogP) is 1.81. The molecule has 0 spiro atoms. The lowest BCUT2D eigenvalue weighted by atomic mass is 9.86. The van der Waals surface area contributed by atoms with Crippen LogP contribution in [-0.2, 0) is 17.9 Å². The average molecular weight is 417 g/mol. The van der Waals surface area contributed by atoms with Gasteiger partial charge in [-0.1, -0.05) is 20.8 Å². The number of nitrogens with zero attached hydrogens (tertiary/aromatic N) is 4. The monoisotopic (exact) mass is 416 g/mol. The first-order valence-corrected chi connectivity index (χ1v) is 10.0. The fourth-order valence-electron chi connectivity index (χ4n) is 3.68. The second-order valence-corrected chi connectivity index (χ2v) is 8.70. The zero-order chi connectivity index (χ0) is 22.1. The van der Waals surface area contributed by atoms with Crippen molar-refractivity contribution in [1.82, 2.24) is 30.1 Å². The van der Waals surface area contributed by atoms with E-state index < -0.39 is 23.3 Å². The van der Waals surface area contributed by atoms with Gasteiger partial charge < -0.3 is 20.1 Å². The maximum Gasteiger partial charge on any atom is 0.272 e. The highest BCUT2D eigenvalue weighted by Crippen LogP contribution is 2.28. The van der Waals surface area contributed by atoms with Crippen LogP contribution in [0.4, 0.5) is 4.39 Å². The van der Waals surface area contributed by atoms with Gasteiger partial charge >= 0.3 is 0 Å². The van der Waals surface area contributed by atoms with E-state index in [1.807, 2.05) is 32.4 Å². The summed E-state index contributed by atoms with van der Waals surface area (Å²) in [5, 5.41) is 5.44. The maximum atomic E-state index is 14.4. The van der Waals surface area contributed by atoms with Gasteiger partial charge in [-0.05, 0) is 37.6 Å². The maximum absolute atomic E-state index is 14.4. The minimum atomic E-state index is -0.741. The van der Waals surface area contributed by atoms with Crippen molar-refractivity contribution in [2.75, 3.05) is 20.6 Å². The van der Waals surface area contributed by atoms with Crippen LogP contribution in [0.5, 0.6) is 0 Å². The molecule has 0 unspecified atom stereocenters. The van der Waals surface area contributed by atoms with Crippen LogP contribution in [0.3, 0.4) is 0 Å². The van der Waals surface area contributed by atoms with Crippen molar-refractivity contribution >= 4 is 11.8 Å². The van der Waals surface area contributed by atoms with Gasteiger partial charge in [-0.25, -0.2) is 9.97 Å². The first kappa shape index (κ1) is 21.9. The summed E-state index contributed by atoms with van der Waals surface area (Å²) in [6.07, 6.45) is 2.22. The second-order valence-electron chi connectivity index (χ2n) is 8.70. The van der Waals surface area contributed by atoms with Gasteiger partial charge in [0.05, 0.1) is 11.3 Å². The van der Waals surface area contributed by atoms with Crippen molar-refractivity contribution < 1.29 is 14.0 Å². The highest BCUT2D eigenvalue weighted by atomic mass is 19.1. The van der Waals surface area contributed by atoms with E-state index >= 15 is 0 Å². The van der Waals surface area contributed by atoms with Crippen LogP contribution < -0.4 is 10.6 Å². The molecule has 0 radical (unpaired) electrons. The Bertz CT molecular complexity index is 949. The fraction of sp³-hybridized carbons (Fsp3) is 0.524. The van der Waals surface area contributed by atoms with E-state index in [1.165, 1.54) is 13.2 Å². The average Bonchev–Trinajstić information content (AvgIpc) is 2.91. The van der Waals surface area contributed by atoms with Gasteiger partial charge in [-0.2, -0.15) is 4.39 Å². The predicted molar refractivity (Wildman–Crippen MR) is 111 cm³/mol. The molecule has 1 aliphatic heterocycles. The second kappa shape index (κ2) is 8.51. The molecule has 0 bridgehead atoms. The summed E-state index contributed by atoms with van der Waals surface area (Å²) in [5.41, 5.74) is 0.665. The number of pyridine rings is 1. The molecule has 2 aromatic heterocycles.